The van der Waals surface area contributed by atoms with Crippen LogP contribution in [0.15, 0.2) is 35.3 Å². The van der Waals surface area contributed by atoms with Crippen LogP contribution in [0.2, 0.25) is 0 Å². The second-order valence-corrected chi connectivity index (χ2v) is 10.7. The Balaban J connectivity index is 1.48. The number of aryl methyl sites for hydroxylation is 2. The number of amides is 2. The Morgan fingerprint density at radius 1 is 1.16 bits per heavy atom. The molecular weight excluding hydrogens is 478 g/mol. The number of aromatic amines is 1. The molecule has 2 aliphatic rings. The normalized spacial score (nSPS) is 16.2. The second kappa shape index (κ2) is 11.0. The lowest BCUT2D eigenvalue weighted by Gasteiger charge is -2.27. The van der Waals surface area contributed by atoms with Gasteiger partial charge in [-0.1, -0.05) is 25.8 Å². The maximum absolute atomic E-state index is 13.6. The van der Waals surface area contributed by atoms with Crippen LogP contribution in [-0.2, 0) is 11.3 Å². The van der Waals surface area contributed by atoms with Crippen molar-refractivity contribution < 1.29 is 9.59 Å². The summed E-state index contributed by atoms with van der Waals surface area (Å²) in [5, 5.41) is 8.54. The fourth-order valence-corrected chi connectivity index (χ4v) is 5.85. The van der Waals surface area contributed by atoms with Crippen LogP contribution in [0, 0.1) is 13.8 Å². The number of rotatable bonds is 7. The maximum atomic E-state index is 13.6. The van der Waals surface area contributed by atoms with Crippen LogP contribution >= 0.6 is 0 Å². The van der Waals surface area contributed by atoms with Gasteiger partial charge in [-0.25, -0.2) is 0 Å². The van der Waals surface area contributed by atoms with E-state index in [-0.39, 0.29) is 23.9 Å². The molecule has 2 N–H and O–H groups in total. The molecule has 5 rings (SSSR count). The van der Waals surface area contributed by atoms with Crippen molar-refractivity contribution in [2.45, 2.75) is 78.3 Å². The molecule has 8 heteroatoms. The number of H-pyrrole nitrogens is 1. The summed E-state index contributed by atoms with van der Waals surface area (Å²) in [5.41, 5.74) is 5.71. The number of hydrogen-bond acceptors (Lipinski definition) is 4. The number of aromatic nitrogens is 3. The monoisotopic (exact) mass is 515 g/mol. The zero-order valence-corrected chi connectivity index (χ0v) is 22.6. The van der Waals surface area contributed by atoms with E-state index in [0.29, 0.717) is 36.7 Å². The maximum Gasteiger partial charge on any atom is 0.253 e. The standard InChI is InChI=1S/C30H37N5O3/c1-4-7-28(36)34-12-10-21(11-13-34)22-15-24(26-18-32-35(27(26)16-22)23-8-5-6-9-23)29(37)31-17-25-19(2)14-20(3)33-30(25)38/h10,14-16,18,23H,4-9,11-13,17H2,1-3H3,(H,31,37)(H,33,38). The Kier molecular flexibility index (Phi) is 7.49. The third kappa shape index (κ3) is 5.17. The number of nitrogens with one attached hydrogen (secondary N) is 2. The van der Waals surface area contributed by atoms with Gasteiger partial charge in [0.05, 0.1) is 23.3 Å². The van der Waals surface area contributed by atoms with Crippen LogP contribution in [-0.4, -0.2) is 44.6 Å². The molecule has 1 fully saturated rings. The van der Waals surface area contributed by atoms with Gasteiger partial charge in [0.1, 0.15) is 0 Å². The Labute approximate surface area is 223 Å². The van der Waals surface area contributed by atoms with Crippen molar-refractivity contribution in [2.24, 2.45) is 0 Å². The summed E-state index contributed by atoms with van der Waals surface area (Å²) in [5.74, 6) is -0.0302. The predicted octanol–water partition coefficient (Wildman–Crippen LogP) is 4.80. The molecule has 200 valence electrons. The van der Waals surface area contributed by atoms with Crippen molar-refractivity contribution in [3.8, 4) is 0 Å². The van der Waals surface area contributed by atoms with Crippen molar-refractivity contribution in [3.63, 3.8) is 0 Å². The van der Waals surface area contributed by atoms with Gasteiger partial charge in [0.2, 0.25) is 5.91 Å². The van der Waals surface area contributed by atoms with Gasteiger partial charge in [0.15, 0.2) is 0 Å². The van der Waals surface area contributed by atoms with E-state index < -0.39 is 0 Å². The van der Waals surface area contributed by atoms with Gasteiger partial charge < -0.3 is 15.2 Å². The number of benzene rings is 1. The second-order valence-electron chi connectivity index (χ2n) is 10.7. The molecule has 38 heavy (non-hydrogen) atoms. The molecule has 0 spiro atoms. The molecule has 0 unspecified atom stereocenters. The summed E-state index contributed by atoms with van der Waals surface area (Å²) in [4.78, 5) is 43.2. The highest BCUT2D eigenvalue weighted by atomic mass is 16.2. The Bertz CT molecular complexity index is 1460. The van der Waals surface area contributed by atoms with Crippen molar-refractivity contribution in [2.75, 3.05) is 13.1 Å². The van der Waals surface area contributed by atoms with Gasteiger partial charge >= 0.3 is 0 Å². The van der Waals surface area contributed by atoms with Crippen molar-refractivity contribution in [3.05, 3.63) is 68.8 Å². The zero-order valence-electron chi connectivity index (χ0n) is 22.6. The molecule has 0 radical (unpaired) electrons. The summed E-state index contributed by atoms with van der Waals surface area (Å²) < 4.78 is 2.10. The Morgan fingerprint density at radius 2 is 1.95 bits per heavy atom. The number of carbonyl (C=O) groups is 2. The summed E-state index contributed by atoms with van der Waals surface area (Å²) >= 11 is 0. The van der Waals surface area contributed by atoms with Crippen LogP contribution in [0.25, 0.3) is 16.5 Å². The minimum Gasteiger partial charge on any atom is -0.348 e. The summed E-state index contributed by atoms with van der Waals surface area (Å²) in [6, 6.07) is 6.36. The molecule has 3 heterocycles. The zero-order chi connectivity index (χ0) is 26.8. The molecule has 1 aliphatic carbocycles. The fraction of sp³-hybridized carbons (Fsp3) is 0.467. The fourth-order valence-electron chi connectivity index (χ4n) is 5.85. The van der Waals surface area contributed by atoms with Gasteiger partial charge in [-0.05, 0) is 74.4 Å². The minimum absolute atomic E-state index is 0.153. The highest BCUT2D eigenvalue weighted by molar-refractivity contribution is 6.07. The van der Waals surface area contributed by atoms with Gasteiger partial charge in [-0.15, -0.1) is 0 Å². The smallest absolute Gasteiger partial charge is 0.253 e. The average molecular weight is 516 g/mol. The first-order valence-corrected chi connectivity index (χ1v) is 13.8. The number of nitrogens with zero attached hydrogens (tertiary/aromatic N) is 3. The van der Waals surface area contributed by atoms with E-state index in [2.05, 4.69) is 27.1 Å². The minimum atomic E-state index is -0.224. The number of pyridine rings is 1. The third-order valence-corrected chi connectivity index (χ3v) is 7.95. The molecular formula is C30H37N5O3. The lowest BCUT2D eigenvalue weighted by Crippen LogP contribution is -2.34. The van der Waals surface area contributed by atoms with Crippen LogP contribution in [0.1, 0.15) is 90.7 Å². The molecule has 1 aromatic carbocycles. The highest BCUT2D eigenvalue weighted by Crippen LogP contribution is 2.35. The van der Waals surface area contributed by atoms with E-state index in [4.69, 9.17) is 5.10 Å². The van der Waals surface area contributed by atoms with E-state index in [1.165, 1.54) is 12.8 Å². The van der Waals surface area contributed by atoms with Crippen molar-refractivity contribution in [1.29, 1.82) is 0 Å². The van der Waals surface area contributed by atoms with Crippen molar-refractivity contribution in [1.82, 2.24) is 25.0 Å². The topological polar surface area (TPSA) is 100 Å². The Hall–Kier alpha value is -3.68. The van der Waals surface area contributed by atoms with Gasteiger partial charge in [-0.3, -0.25) is 19.1 Å². The summed E-state index contributed by atoms with van der Waals surface area (Å²) in [7, 11) is 0. The van der Waals surface area contributed by atoms with Crippen LogP contribution < -0.4 is 10.9 Å². The lowest BCUT2D eigenvalue weighted by atomic mass is 9.95. The van der Waals surface area contributed by atoms with E-state index in [1.54, 1.807) is 6.20 Å². The van der Waals surface area contributed by atoms with E-state index in [0.717, 1.165) is 59.0 Å². The predicted molar refractivity (Wildman–Crippen MR) is 149 cm³/mol. The van der Waals surface area contributed by atoms with Crippen LogP contribution in [0.3, 0.4) is 0 Å². The lowest BCUT2D eigenvalue weighted by molar-refractivity contribution is -0.130. The van der Waals surface area contributed by atoms with Gasteiger partial charge in [0, 0.05) is 42.7 Å². The first kappa shape index (κ1) is 25.9. The first-order chi connectivity index (χ1) is 18.4. The van der Waals surface area contributed by atoms with E-state index >= 15 is 0 Å². The molecule has 1 saturated carbocycles. The molecule has 1 aliphatic heterocycles. The molecule has 0 saturated heterocycles. The SMILES string of the molecule is CCCC(=O)N1CC=C(c2cc(C(=O)NCc3c(C)cc(C)[nH]c3=O)c3cnn(C4CCCC4)c3c2)CC1. The van der Waals surface area contributed by atoms with E-state index in [9.17, 15) is 14.4 Å². The quantitative estimate of drug-likeness (QED) is 0.472. The molecule has 0 bridgehead atoms. The largest absolute Gasteiger partial charge is 0.348 e. The van der Waals surface area contributed by atoms with E-state index in [1.807, 2.05) is 37.8 Å². The number of hydrogen-bond donors (Lipinski definition) is 2. The molecule has 0 atom stereocenters. The molecule has 3 aromatic rings. The third-order valence-electron chi connectivity index (χ3n) is 7.95. The van der Waals surface area contributed by atoms with Crippen LogP contribution in [0.4, 0.5) is 0 Å². The summed E-state index contributed by atoms with van der Waals surface area (Å²) in [6.07, 6.45) is 10.7. The molecule has 8 nitrogen and oxygen atoms in total. The van der Waals surface area contributed by atoms with Gasteiger partial charge in [-0.2, -0.15) is 5.10 Å². The Morgan fingerprint density at radius 3 is 2.63 bits per heavy atom. The molecule has 2 aromatic heterocycles. The average Bonchev–Trinajstić information content (AvgIpc) is 3.57. The highest BCUT2D eigenvalue weighted by Gasteiger charge is 2.24. The summed E-state index contributed by atoms with van der Waals surface area (Å²) in [6.45, 7) is 7.18. The van der Waals surface area contributed by atoms with Gasteiger partial charge in [0.25, 0.3) is 11.5 Å². The number of carbonyl (C=O) groups excluding carboxylic acids is 2. The first-order valence-electron chi connectivity index (χ1n) is 13.8. The van der Waals surface area contributed by atoms with Crippen LogP contribution in [0.5, 0.6) is 0 Å². The number of fused-ring (bicyclic) bond motifs is 1. The van der Waals surface area contributed by atoms with Crippen molar-refractivity contribution >= 4 is 28.3 Å². The molecule has 2 amide bonds.